The number of anilines is 1. The maximum atomic E-state index is 13.4. The third kappa shape index (κ3) is 3.36. The van der Waals surface area contributed by atoms with Crippen molar-refractivity contribution in [2.75, 3.05) is 18.0 Å². The molecule has 2 aromatic rings. The van der Waals surface area contributed by atoms with Crippen LogP contribution in [0.15, 0.2) is 48.5 Å². The molecule has 110 valence electrons. The Labute approximate surface area is 129 Å². The normalized spacial score (nSPS) is 22.3. The molecule has 1 aliphatic heterocycles. The third-order valence-electron chi connectivity index (χ3n) is 4.00. The summed E-state index contributed by atoms with van der Waals surface area (Å²) in [6.45, 7) is 1.60. The highest BCUT2D eigenvalue weighted by Gasteiger charge is 2.26. The average Bonchev–Trinajstić information content (AvgIpc) is 2.47. The molecule has 1 aliphatic rings. The van der Waals surface area contributed by atoms with Gasteiger partial charge in [0.1, 0.15) is 5.82 Å². The first-order valence-electron chi connectivity index (χ1n) is 7.13. The number of nitrogens with zero attached hydrogens (tertiary/aromatic N) is 1. The van der Waals surface area contributed by atoms with Crippen molar-refractivity contribution in [2.45, 2.75) is 18.4 Å². The Balaban J connectivity index is 1.83. The first-order valence-corrected chi connectivity index (χ1v) is 7.51. The van der Waals surface area contributed by atoms with Crippen molar-refractivity contribution < 1.29 is 4.39 Å². The van der Waals surface area contributed by atoms with Gasteiger partial charge in [0.2, 0.25) is 0 Å². The Kier molecular flexibility index (Phi) is 4.13. The molecule has 0 spiro atoms. The number of benzene rings is 2. The van der Waals surface area contributed by atoms with E-state index in [4.69, 9.17) is 17.3 Å². The molecular formula is C17H18ClFN2. The molecule has 0 aromatic heterocycles. The van der Waals surface area contributed by atoms with E-state index in [1.807, 2.05) is 18.2 Å². The van der Waals surface area contributed by atoms with E-state index >= 15 is 0 Å². The molecule has 4 heteroatoms. The smallest absolute Gasteiger partial charge is 0.125 e. The zero-order valence-corrected chi connectivity index (χ0v) is 12.4. The topological polar surface area (TPSA) is 29.3 Å². The molecule has 0 saturated carbocycles. The van der Waals surface area contributed by atoms with Gasteiger partial charge in [-0.15, -0.1) is 0 Å². The minimum atomic E-state index is -0.213. The number of rotatable bonds is 2. The highest BCUT2D eigenvalue weighted by molar-refractivity contribution is 6.30. The Bertz CT molecular complexity index is 614. The third-order valence-corrected chi connectivity index (χ3v) is 4.25. The minimum absolute atomic E-state index is 0.0858. The fraction of sp³-hybridized carbons (Fsp3) is 0.294. The predicted molar refractivity (Wildman–Crippen MR) is 85.4 cm³/mol. The fourth-order valence-electron chi connectivity index (χ4n) is 3.00. The quantitative estimate of drug-likeness (QED) is 0.914. The Morgan fingerprint density at radius 1 is 1.10 bits per heavy atom. The van der Waals surface area contributed by atoms with Crippen molar-refractivity contribution in [3.8, 4) is 0 Å². The van der Waals surface area contributed by atoms with Gasteiger partial charge in [0.25, 0.3) is 0 Å². The summed E-state index contributed by atoms with van der Waals surface area (Å²) >= 11 is 5.94. The van der Waals surface area contributed by atoms with E-state index in [9.17, 15) is 4.39 Å². The summed E-state index contributed by atoms with van der Waals surface area (Å²) in [5, 5.41) is 0.737. The maximum Gasteiger partial charge on any atom is 0.125 e. The zero-order chi connectivity index (χ0) is 14.8. The van der Waals surface area contributed by atoms with E-state index in [-0.39, 0.29) is 11.9 Å². The first-order chi connectivity index (χ1) is 10.1. The van der Waals surface area contributed by atoms with E-state index in [0.717, 1.165) is 30.2 Å². The van der Waals surface area contributed by atoms with Gasteiger partial charge < -0.3 is 10.6 Å². The summed E-state index contributed by atoms with van der Waals surface area (Å²) in [5.41, 5.74) is 8.32. The van der Waals surface area contributed by atoms with E-state index in [1.165, 1.54) is 11.6 Å². The van der Waals surface area contributed by atoms with Gasteiger partial charge >= 0.3 is 0 Å². The lowest BCUT2D eigenvalue weighted by Gasteiger charge is -2.38. The Morgan fingerprint density at radius 3 is 2.57 bits per heavy atom. The average molecular weight is 305 g/mol. The van der Waals surface area contributed by atoms with Crippen LogP contribution in [-0.4, -0.2) is 19.1 Å². The highest BCUT2D eigenvalue weighted by Crippen LogP contribution is 2.30. The zero-order valence-electron chi connectivity index (χ0n) is 11.7. The monoisotopic (exact) mass is 304 g/mol. The number of piperidine rings is 1. The van der Waals surface area contributed by atoms with Crippen LogP contribution in [0.3, 0.4) is 0 Å². The van der Waals surface area contributed by atoms with Crippen LogP contribution >= 0.6 is 11.6 Å². The maximum absolute atomic E-state index is 13.4. The Hall–Kier alpha value is -1.58. The standard InChI is InChI=1S/C17H18ClFN2/c18-14-6-4-12(5-7-14)13-8-16(20)11-21(10-13)17-3-1-2-15(19)9-17/h1-7,9,13,16H,8,10-11,20H2. The lowest BCUT2D eigenvalue weighted by atomic mass is 9.88. The van der Waals surface area contributed by atoms with Gasteiger partial charge in [0, 0.05) is 35.8 Å². The number of nitrogens with two attached hydrogens (primary N) is 1. The van der Waals surface area contributed by atoms with Gasteiger partial charge in [-0.1, -0.05) is 29.8 Å². The second-order valence-electron chi connectivity index (χ2n) is 5.63. The highest BCUT2D eigenvalue weighted by atomic mass is 35.5. The van der Waals surface area contributed by atoms with Crippen molar-refractivity contribution in [3.05, 3.63) is 64.9 Å². The molecule has 1 saturated heterocycles. The van der Waals surface area contributed by atoms with Crippen molar-refractivity contribution in [3.63, 3.8) is 0 Å². The van der Waals surface area contributed by atoms with E-state index in [1.54, 1.807) is 12.1 Å². The summed E-state index contributed by atoms with van der Waals surface area (Å²) < 4.78 is 13.4. The lowest BCUT2D eigenvalue weighted by Crippen LogP contribution is -2.46. The molecule has 2 unspecified atom stereocenters. The van der Waals surface area contributed by atoms with Crippen LogP contribution in [0.2, 0.25) is 5.02 Å². The summed E-state index contributed by atoms with van der Waals surface area (Å²) in [7, 11) is 0. The molecule has 1 heterocycles. The van der Waals surface area contributed by atoms with Crippen LogP contribution in [-0.2, 0) is 0 Å². The molecule has 1 fully saturated rings. The van der Waals surface area contributed by atoms with Crippen molar-refractivity contribution in [2.24, 2.45) is 5.73 Å². The van der Waals surface area contributed by atoms with E-state index in [2.05, 4.69) is 17.0 Å². The minimum Gasteiger partial charge on any atom is -0.369 e. The van der Waals surface area contributed by atoms with E-state index < -0.39 is 0 Å². The van der Waals surface area contributed by atoms with Gasteiger partial charge in [-0.2, -0.15) is 0 Å². The molecule has 0 aliphatic carbocycles. The van der Waals surface area contributed by atoms with Crippen molar-refractivity contribution >= 4 is 17.3 Å². The van der Waals surface area contributed by atoms with Crippen molar-refractivity contribution in [1.29, 1.82) is 0 Å². The summed E-state index contributed by atoms with van der Waals surface area (Å²) in [6.07, 6.45) is 0.938. The van der Waals surface area contributed by atoms with Gasteiger partial charge in [-0.3, -0.25) is 0 Å². The van der Waals surface area contributed by atoms with Crippen LogP contribution < -0.4 is 10.6 Å². The van der Waals surface area contributed by atoms with Crippen LogP contribution in [0.4, 0.5) is 10.1 Å². The molecule has 2 N–H and O–H groups in total. The van der Waals surface area contributed by atoms with Gasteiger partial charge in [0.15, 0.2) is 0 Å². The molecule has 0 radical (unpaired) electrons. The van der Waals surface area contributed by atoms with Crippen LogP contribution in [0, 0.1) is 5.82 Å². The van der Waals surface area contributed by atoms with Crippen LogP contribution in [0.1, 0.15) is 17.9 Å². The lowest BCUT2D eigenvalue weighted by molar-refractivity contribution is 0.453. The summed E-state index contributed by atoms with van der Waals surface area (Å²) in [5.74, 6) is 0.129. The molecule has 3 rings (SSSR count). The Morgan fingerprint density at radius 2 is 1.86 bits per heavy atom. The molecule has 21 heavy (non-hydrogen) atoms. The second-order valence-corrected chi connectivity index (χ2v) is 6.07. The summed E-state index contributed by atoms with van der Waals surface area (Å²) in [6, 6.07) is 14.7. The molecule has 2 nitrogen and oxygen atoms in total. The SMILES string of the molecule is NC1CC(c2ccc(Cl)cc2)CN(c2cccc(F)c2)C1. The molecule has 2 atom stereocenters. The van der Waals surface area contributed by atoms with Crippen molar-refractivity contribution in [1.82, 2.24) is 0 Å². The number of hydrogen-bond acceptors (Lipinski definition) is 2. The van der Waals surface area contributed by atoms with E-state index in [0.29, 0.717) is 5.92 Å². The van der Waals surface area contributed by atoms with Crippen LogP contribution in [0.5, 0.6) is 0 Å². The van der Waals surface area contributed by atoms with Gasteiger partial charge in [-0.05, 0) is 42.3 Å². The number of halogens is 2. The fourth-order valence-corrected chi connectivity index (χ4v) is 3.12. The van der Waals surface area contributed by atoms with Crippen LogP contribution in [0.25, 0.3) is 0 Å². The molecule has 0 amide bonds. The number of hydrogen-bond donors (Lipinski definition) is 1. The first kappa shape index (κ1) is 14.4. The largest absolute Gasteiger partial charge is 0.369 e. The van der Waals surface area contributed by atoms with Gasteiger partial charge in [-0.25, -0.2) is 4.39 Å². The molecule has 0 bridgehead atoms. The second kappa shape index (κ2) is 6.04. The summed E-state index contributed by atoms with van der Waals surface area (Å²) in [4.78, 5) is 2.16. The molecular weight excluding hydrogens is 287 g/mol. The predicted octanol–water partition coefficient (Wildman–Crippen LogP) is 3.80. The molecule has 2 aromatic carbocycles. The van der Waals surface area contributed by atoms with Gasteiger partial charge in [0.05, 0.1) is 0 Å².